The SMILES string of the molecule is N#CCCCn1nc(-c2ccc3ccccc3c2)c(C2CCC2)cc1=N. The first-order valence-corrected chi connectivity index (χ1v) is 9.29. The highest BCUT2D eigenvalue weighted by molar-refractivity contribution is 5.87. The Hall–Kier alpha value is -2.93. The highest BCUT2D eigenvalue weighted by Gasteiger charge is 2.24. The first-order valence-electron chi connectivity index (χ1n) is 9.29. The van der Waals surface area contributed by atoms with Gasteiger partial charge in [0.15, 0.2) is 0 Å². The van der Waals surface area contributed by atoms with Gasteiger partial charge in [-0.3, -0.25) is 5.41 Å². The summed E-state index contributed by atoms with van der Waals surface area (Å²) in [6.07, 6.45) is 4.83. The summed E-state index contributed by atoms with van der Waals surface area (Å²) in [4.78, 5) is 0. The molecule has 1 N–H and O–H groups in total. The van der Waals surface area contributed by atoms with Gasteiger partial charge in [0.1, 0.15) is 5.49 Å². The van der Waals surface area contributed by atoms with Crippen LogP contribution in [0.4, 0.5) is 0 Å². The fourth-order valence-electron chi connectivity index (χ4n) is 3.59. The molecule has 2 aromatic carbocycles. The minimum atomic E-state index is 0.439. The Labute approximate surface area is 153 Å². The van der Waals surface area contributed by atoms with Gasteiger partial charge in [0.05, 0.1) is 11.8 Å². The maximum absolute atomic E-state index is 8.78. The third kappa shape index (κ3) is 3.13. The van der Waals surface area contributed by atoms with Crippen LogP contribution in [0.25, 0.3) is 22.0 Å². The number of fused-ring (bicyclic) bond motifs is 1. The standard InChI is InChI=1S/C22H22N4/c23-12-3-4-13-26-21(24)15-20(17-8-5-9-17)22(25-26)19-11-10-16-6-1-2-7-18(16)14-19/h1-2,6-7,10-11,14-15,17,24H,3-5,8-9,13H2. The van der Waals surface area contributed by atoms with E-state index in [2.05, 4.69) is 48.5 Å². The van der Waals surface area contributed by atoms with Gasteiger partial charge in [0.2, 0.25) is 0 Å². The predicted octanol–water partition coefficient (Wildman–Crippen LogP) is 4.75. The lowest BCUT2D eigenvalue weighted by Crippen LogP contribution is -2.26. The number of nitriles is 1. The van der Waals surface area contributed by atoms with E-state index in [1.54, 1.807) is 4.68 Å². The number of nitrogens with one attached hydrogen (secondary N) is 1. The Morgan fingerprint density at radius 3 is 2.65 bits per heavy atom. The number of unbranched alkanes of at least 4 members (excludes halogenated alkanes) is 1. The summed E-state index contributed by atoms with van der Waals surface area (Å²) >= 11 is 0. The number of nitrogens with zero attached hydrogens (tertiary/aromatic N) is 3. The third-order valence-corrected chi connectivity index (χ3v) is 5.29. The minimum absolute atomic E-state index is 0.439. The molecule has 4 rings (SSSR count). The zero-order valence-corrected chi connectivity index (χ0v) is 14.8. The second-order valence-corrected chi connectivity index (χ2v) is 7.01. The smallest absolute Gasteiger partial charge is 0.141 e. The van der Waals surface area contributed by atoms with E-state index in [-0.39, 0.29) is 0 Å². The molecule has 3 aromatic rings. The molecule has 0 spiro atoms. The van der Waals surface area contributed by atoms with Crippen LogP contribution >= 0.6 is 0 Å². The molecule has 130 valence electrons. The van der Waals surface area contributed by atoms with Crippen molar-refractivity contribution in [3.8, 4) is 17.3 Å². The van der Waals surface area contributed by atoms with E-state index >= 15 is 0 Å². The van der Waals surface area contributed by atoms with Crippen LogP contribution in [0, 0.1) is 16.7 Å². The summed E-state index contributed by atoms with van der Waals surface area (Å²) in [6, 6.07) is 19.0. The van der Waals surface area contributed by atoms with Gasteiger partial charge < -0.3 is 0 Å². The van der Waals surface area contributed by atoms with Gasteiger partial charge in [-0.15, -0.1) is 0 Å². The van der Waals surface area contributed by atoms with Crippen molar-refractivity contribution in [3.63, 3.8) is 0 Å². The number of rotatable bonds is 5. The quantitative estimate of drug-likeness (QED) is 0.680. The maximum Gasteiger partial charge on any atom is 0.141 e. The number of aryl methyl sites for hydroxylation is 1. The van der Waals surface area contributed by atoms with Gasteiger partial charge in [-0.1, -0.05) is 42.8 Å². The maximum atomic E-state index is 8.78. The molecule has 0 saturated heterocycles. The molecule has 4 heteroatoms. The number of hydrogen-bond acceptors (Lipinski definition) is 3. The van der Waals surface area contributed by atoms with E-state index < -0.39 is 0 Å². The first-order chi connectivity index (χ1) is 12.8. The summed E-state index contributed by atoms with van der Waals surface area (Å²) in [7, 11) is 0. The van der Waals surface area contributed by atoms with Crippen LogP contribution in [0.5, 0.6) is 0 Å². The lowest BCUT2D eigenvalue weighted by molar-refractivity contribution is 0.415. The van der Waals surface area contributed by atoms with Crippen molar-refractivity contribution in [3.05, 3.63) is 59.6 Å². The summed E-state index contributed by atoms with van der Waals surface area (Å²) < 4.78 is 1.74. The number of benzene rings is 2. The first kappa shape index (κ1) is 16.5. The van der Waals surface area contributed by atoms with Crippen molar-refractivity contribution >= 4 is 10.8 Å². The van der Waals surface area contributed by atoms with Crippen molar-refractivity contribution in [2.75, 3.05) is 0 Å². The van der Waals surface area contributed by atoms with Gasteiger partial charge in [0.25, 0.3) is 0 Å². The van der Waals surface area contributed by atoms with Crippen LogP contribution in [0.3, 0.4) is 0 Å². The van der Waals surface area contributed by atoms with E-state index in [0.717, 1.165) is 17.7 Å². The molecule has 1 heterocycles. The van der Waals surface area contributed by atoms with Crippen LogP contribution in [0.2, 0.25) is 0 Å². The van der Waals surface area contributed by atoms with Crippen LogP contribution < -0.4 is 5.49 Å². The zero-order chi connectivity index (χ0) is 17.9. The summed E-state index contributed by atoms with van der Waals surface area (Å²) in [5.41, 5.74) is 3.75. The minimum Gasteiger partial charge on any atom is -0.283 e. The Morgan fingerprint density at radius 2 is 1.92 bits per heavy atom. The number of hydrogen-bond donors (Lipinski definition) is 1. The Morgan fingerprint density at radius 1 is 1.12 bits per heavy atom. The predicted molar refractivity (Wildman–Crippen MR) is 102 cm³/mol. The molecule has 0 radical (unpaired) electrons. The highest BCUT2D eigenvalue weighted by atomic mass is 15.3. The van der Waals surface area contributed by atoms with Crippen LogP contribution in [0.15, 0.2) is 48.5 Å². The van der Waals surface area contributed by atoms with Gasteiger partial charge in [-0.05, 0) is 53.6 Å². The van der Waals surface area contributed by atoms with Crippen molar-refractivity contribution in [2.24, 2.45) is 0 Å². The van der Waals surface area contributed by atoms with Gasteiger partial charge in [-0.25, -0.2) is 4.68 Å². The molecule has 0 bridgehead atoms. The van der Waals surface area contributed by atoms with E-state index in [0.29, 0.717) is 24.4 Å². The van der Waals surface area contributed by atoms with Gasteiger partial charge >= 0.3 is 0 Å². The van der Waals surface area contributed by atoms with E-state index in [1.165, 1.54) is 35.6 Å². The Balaban J connectivity index is 1.81. The van der Waals surface area contributed by atoms with Crippen molar-refractivity contribution in [1.29, 1.82) is 10.7 Å². The summed E-state index contributed by atoms with van der Waals surface area (Å²) in [5, 5.41) is 24.4. The average Bonchev–Trinajstić information content (AvgIpc) is 2.62. The molecule has 0 atom stereocenters. The average molecular weight is 342 g/mol. The van der Waals surface area contributed by atoms with E-state index in [9.17, 15) is 0 Å². The fraction of sp³-hybridized carbons (Fsp3) is 0.318. The van der Waals surface area contributed by atoms with Crippen molar-refractivity contribution in [1.82, 2.24) is 9.78 Å². The van der Waals surface area contributed by atoms with Crippen LogP contribution in [-0.2, 0) is 6.54 Å². The molecule has 0 amide bonds. The Kier molecular flexibility index (Phi) is 4.53. The second kappa shape index (κ2) is 7.13. The van der Waals surface area contributed by atoms with Gasteiger partial charge in [0, 0.05) is 18.5 Å². The fourth-order valence-corrected chi connectivity index (χ4v) is 3.59. The molecule has 26 heavy (non-hydrogen) atoms. The summed E-state index contributed by atoms with van der Waals surface area (Å²) in [5.74, 6) is 0.516. The van der Waals surface area contributed by atoms with Crippen molar-refractivity contribution in [2.45, 2.75) is 44.6 Å². The molecule has 4 nitrogen and oxygen atoms in total. The lowest BCUT2D eigenvalue weighted by Gasteiger charge is -2.28. The van der Waals surface area contributed by atoms with Crippen LogP contribution in [0.1, 0.15) is 43.6 Å². The topological polar surface area (TPSA) is 65.5 Å². The molecule has 0 unspecified atom stereocenters. The molecule has 1 aliphatic carbocycles. The Bertz CT molecular complexity index is 1040. The van der Waals surface area contributed by atoms with Crippen LogP contribution in [-0.4, -0.2) is 9.78 Å². The molecule has 1 aromatic heterocycles. The largest absolute Gasteiger partial charge is 0.283 e. The normalized spacial score (nSPS) is 14.1. The molecule has 0 aliphatic heterocycles. The molecule has 1 saturated carbocycles. The molecule has 1 fully saturated rings. The molecular formula is C22H22N4. The molecule has 1 aliphatic rings. The summed E-state index contributed by atoms with van der Waals surface area (Å²) in [6.45, 7) is 0.609. The zero-order valence-electron chi connectivity index (χ0n) is 14.8. The molecular weight excluding hydrogens is 320 g/mol. The van der Waals surface area contributed by atoms with Gasteiger partial charge in [-0.2, -0.15) is 10.4 Å². The van der Waals surface area contributed by atoms with Crippen molar-refractivity contribution < 1.29 is 0 Å². The third-order valence-electron chi connectivity index (χ3n) is 5.29. The van der Waals surface area contributed by atoms with E-state index in [1.807, 2.05) is 6.07 Å². The highest BCUT2D eigenvalue weighted by Crippen LogP contribution is 2.40. The lowest BCUT2D eigenvalue weighted by atomic mass is 9.78. The second-order valence-electron chi connectivity index (χ2n) is 7.01. The van der Waals surface area contributed by atoms with E-state index in [4.69, 9.17) is 15.8 Å². The monoisotopic (exact) mass is 342 g/mol. The number of aromatic nitrogens is 2.